The number of carbonyl (C=O) groups is 2. The third kappa shape index (κ3) is 5.27. The third-order valence-electron chi connectivity index (χ3n) is 5.81. The average molecular weight is 452 g/mol. The lowest BCUT2D eigenvalue weighted by molar-refractivity contribution is -0.119. The fourth-order valence-electron chi connectivity index (χ4n) is 4.03. The van der Waals surface area contributed by atoms with Crippen molar-refractivity contribution in [1.29, 1.82) is 0 Å². The van der Waals surface area contributed by atoms with Crippen LogP contribution in [0.3, 0.4) is 0 Å². The maximum absolute atomic E-state index is 13.4. The highest BCUT2D eigenvalue weighted by molar-refractivity contribution is 8.14. The summed E-state index contributed by atoms with van der Waals surface area (Å²) in [6.07, 6.45) is 6.20. The van der Waals surface area contributed by atoms with Crippen LogP contribution in [0.2, 0.25) is 0 Å². The highest BCUT2D eigenvalue weighted by Crippen LogP contribution is 2.30. The van der Waals surface area contributed by atoms with E-state index in [0.29, 0.717) is 16.8 Å². The van der Waals surface area contributed by atoms with Gasteiger partial charge >= 0.3 is 0 Å². The Kier molecular flexibility index (Phi) is 7.05. The summed E-state index contributed by atoms with van der Waals surface area (Å²) in [7, 11) is 0. The standard InChI is InChI=1S/C25H26FN3O2S/c1-17-7-5-6-10-21(17)27-23(30)16-32-25-28-22(15-18-8-3-2-4-9-18)24(31)29(25)20-13-11-19(26)12-14-20/h2-4,8-9,11-15,17,21H,5-7,10,16H2,1H3,(H,27,30). The second-order valence-corrected chi connectivity index (χ2v) is 9.12. The van der Waals surface area contributed by atoms with Crippen LogP contribution in [-0.2, 0) is 9.59 Å². The molecule has 1 N–H and O–H groups in total. The molecular weight excluding hydrogens is 425 g/mol. The first-order chi connectivity index (χ1) is 15.5. The van der Waals surface area contributed by atoms with E-state index in [1.165, 1.54) is 35.2 Å². The molecule has 1 fully saturated rings. The van der Waals surface area contributed by atoms with E-state index in [1.807, 2.05) is 30.3 Å². The number of hydrogen-bond acceptors (Lipinski definition) is 4. The molecule has 2 amide bonds. The van der Waals surface area contributed by atoms with E-state index in [1.54, 1.807) is 18.2 Å². The lowest BCUT2D eigenvalue weighted by Crippen LogP contribution is -2.42. The Bertz CT molecular complexity index is 1040. The van der Waals surface area contributed by atoms with Gasteiger partial charge in [-0.05, 0) is 54.7 Å². The van der Waals surface area contributed by atoms with Crippen LogP contribution in [0.4, 0.5) is 10.1 Å². The predicted octanol–water partition coefficient (Wildman–Crippen LogP) is 5.00. The number of nitrogens with zero attached hydrogens (tertiary/aromatic N) is 2. The lowest BCUT2D eigenvalue weighted by Gasteiger charge is -2.29. The Labute approximate surface area is 191 Å². The summed E-state index contributed by atoms with van der Waals surface area (Å²) < 4.78 is 13.4. The maximum atomic E-state index is 13.4. The minimum atomic E-state index is -0.382. The van der Waals surface area contributed by atoms with E-state index in [9.17, 15) is 14.0 Å². The first-order valence-corrected chi connectivity index (χ1v) is 11.9. The van der Waals surface area contributed by atoms with Gasteiger partial charge in [-0.2, -0.15) is 0 Å². The molecule has 1 heterocycles. The second-order valence-electron chi connectivity index (χ2n) is 8.18. The number of amidine groups is 1. The van der Waals surface area contributed by atoms with E-state index in [2.05, 4.69) is 17.2 Å². The van der Waals surface area contributed by atoms with Crippen molar-refractivity contribution in [2.24, 2.45) is 10.9 Å². The van der Waals surface area contributed by atoms with Gasteiger partial charge in [-0.1, -0.05) is 61.9 Å². The number of halogens is 1. The first-order valence-electron chi connectivity index (χ1n) is 10.9. The fourth-order valence-corrected chi connectivity index (χ4v) is 4.85. The fraction of sp³-hybridized carbons (Fsp3) is 0.320. The van der Waals surface area contributed by atoms with Gasteiger partial charge in [0.2, 0.25) is 5.91 Å². The highest BCUT2D eigenvalue weighted by Gasteiger charge is 2.32. The van der Waals surface area contributed by atoms with Crippen molar-refractivity contribution in [2.75, 3.05) is 10.7 Å². The molecule has 32 heavy (non-hydrogen) atoms. The topological polar surface area (TPSA) is 61.8 Å². The maximum Gasteiger partial charge on any atom is 0.283 e. The number of amides is 2. The molecule has 0 radical (unpaired) electrons. The van der Waals surface area contributed by atoms with Crippen LogP contribution in [0.5, 0.6) is 0 Å². The van der Waals surface area contributed by atoms with E-state index >= 15 is 0 Å². The highest BCUT2D eigenvalue weighted by atomic mass is 32.2. The normalized spacial score (nSPS) is 22.2. The average Bonchev–Trinajstić information content (AvgIpc) is 3.10. The molecule has 166 valence electrons. The molecule has 0 spiro atoms. The minimum Gasteiger partial charge on any atom is -0.352 e. The van der Waals surface area contributed by atoms with Gasteiger partial charge in [0.25, 0.3) is 5.91 Å². The van der Waals surface area contributed by atoms with Gasteiger partial charge in [0.1, 0.15) is 11.5 Å². The van der Waals surface area contributed by atoms with Gasteiger partial charge in [-0.15, -0.1) is 0 Å². The molecule has 0 aromatic heterocycles. The zero-order valence-corrected chi connectivity index (χ0v) is 18.8. The van der Waals surface area contributed by atoms with Crippen LogP contribution >= 0.6 is 11.8 Å². The van der Waals surface area contributed by atoms with Crippen molar-refractivity contribution >= 4 is 40.5 Å². The van der Waals surface area contributed by atoms with Crippen molar-refractivity contribution in [3.8, 4) is 0 Å². The van der Waals surface area contributed by atoms with Crippen molar-refractivity contribution in [3.63, 3.8) is 0 Å². The predicted molar refractivity (Wildman–Crippen MR) is 128 cm³/mol. The lowest BCUT2D eigenvalue weighted by atomic mass is 9.86. The smallest absolute Gasteiger partial charge is 0.283 e. The minimum absolute atomic E-state index is 0.0663. The van der Waals surface area contributed by atoms with Gasteiger partial charge in [-0.25, -0.2) is 9.38 Å². The molecule has 0 bridgehead atoms. The molecule has 1 aliphatic heterocycles. The number of carbonyl (C=O) groups excluding carboxylic acids is 2. The van der Waals surface area contributed by atoms with Gasteiger partial charge in [-0.3, -0.25) is 14.5 Å². The summed E-state index contributed by atoms with van der Waals surface area (Å²) in [6, 6.07) is 15.4. The monoisotopic (exact) mass is 451 g/mol. The molecular formula is C25H26FN3O2S. The molecule has 5 nitrogen and oxygen atoms in total. The van der Waals surface area contributed by atoms with Gasteiger partial charge < -0.3 is 5.32 Å². The van der Waals surface area contributed by atoms with Crippen LogP contribution in [-0.4, -0.2) is 28.8 Å². The molecule has 2 aromatic rings. The van der Waals surface area contributed by atoms with E-state index in [4.69, 9.17) is 0 Å². The third-order valence-corrected chi connectivity index (χ3v) is 6.75. The molecule has 1 aliphatic carbocycles. The number of anilines is 1. The molecule has 4 rings (SSSR count). The molecule has 2 aromatic carbocycles. The number of rotatable bonds is 5. The van der Waals surface area contributed by atoms with Gasteiger partial charge in [0.05, 0.1) is 11.4 Å². The Morgan fingerprint density at radius 2 is 1.88 bits per heavy atom. The summed E-state index contributed by atoms with van der Waals surface area (Å²) in [4.78, 5) is 31.7. The second kappa shape index (κ2) is 10.1. The number of benzene rings is 2. The Morgan fingerprint density at radius 1 is 1.16 bits per heavy atom. The summed E-state index contributed by atoms with van der Waals surface area (Å²) in [5.74, 6) is -0.120. The zero-order valence-electron chi connectivity index (χ0n) is 18.0. The van der Waals surface area contributed by atoms with Crippen LogP contribution in [0.15, 0.2) is 65.3 Å². The number of aliphatic imine (C=N–C) groups is 1. The first kappa shape index (κ1) is 22.3. The van der Waals surface area contributed by atoms with Crippen LogP contribution in [0.25, 0.3) is 6.08 Å². The Hall–Kier alpha value is -2.93. The van der Waals surface area contributed by atoms with E-state index in [0.717, 1.165) is 24.8 Å². The summed E-state index contributed by atoms with van der Waals surface area (Å²) in [6.45, 7) is 2.17. The number of nitrogens with one attached hydrogen (secondary N) is 1. The molecule has 2 unspecified atom stereocenters. The van der Waals surface area contributed by atoms with Crippen molar-refractivity contribution < 1.29 is 14.0 Å². The van der Waals surface area contributed by atoms with Crippen molar-refractivity contribution in [1.82, 2.24) is 5.32 Å². The Balaban J connectivity index is 1.52. The molecule has 7 heteroatoms. The van der Waals surface area contributed by atoms with Gasteiger partial charge in [0.15, 0.2) is 5.17 Å². The number of thioether (sulfide) groups is 1. The van der Waals surface area contributed by atoms with Crippen LogP contribution in [0, 0.1) is 11.7 Å². The Morgan fingerprint density at radius 3 is 2.59 bits per heavy atom. The summed E-state index contributed by atoms with van der Waals surface area (Å²) >= 11 is 1.22. The van der Waals surface area contributed by atoms with E-state index < -0.39 is 0 Å². The van der Waals surface area contributed by atoms with Gasteiger partial charge in [0, 0.05) is 6.04 Å². The van der Waals surface area contributed by atoms with E-state index in [-0.39, 0.29) is 35.1 Å². The van der Waals surface area contributed by atoms with Crippen LogP contribution < -0.4 is 10.2 Å². The number of hydrogen-bond donors (Lipinski definition) is 1. The molecule has 0 saturated heterocycles. The van der Waals surface area contributed by atoms with Crippen molar-refractivity contribution in [2.45, 2.75) is 38.6 Å². The molecule has 2 atom stereocenters. The van der Waals surface area contributed by atoms with Crippen LogP contribution in [0.1, 0.15) is 38.2 Å². The molecule has 2 aliphatic rings. The summed E-state index contributed by atoms with van der Waals surface area (Å²) in [5, 5.41) is 3.55. The largest absolute Gasteiger partial charge is 0.352 e. The molecule has 1 saturated carbocycles. The SMILES string of the molecule is CC1CCCCC1NC(=O)CSC1=NC(=Cc2ccccc2)C(=O)N1c1ccc(F)cc1. The quantitative estimate of drug-likeness (QED) is 0.651. The van der Waals surface area contributed by atoms with Crippen molar-refractivity contribution in [3.05, 3.63) is 71.7 Å². The summed E-state index contributed by atoms with van der Waals surface area (Å²) in [5.41, 5.74) is 1.65. The zero-order chi connectivity index (χ0) is 22.5.